The van der Waals surface area contributed by atoms with Gasteiger partial charge < -0.3 is 24.7 Å². The highest BCUT2D eigenvalue weighted by atomic mass is 16.5. The predicted octanol–water partition coefficient (Wildman–Crippen LogP) is 4.24. The zero-order valence-electron chi connectivity index (χ0n) is 19.5. The minimum Gasteiger partial charge on any atom is -0.501 e. The van der Waals surface area contributed by atoms with E-state index in [2.05, 4.69) is 10.3 Å². The molecule has 172 valence electrons. The highest BCUT2D eigenvalue weighted by Crippen LogP contribution is 2.39. The summed E-state index contributed by atoms with van der Waals surface area (Å²) in [5, 5.41) is 2.97. The Morgan fingerprint density at radius 2 is 1.97 bits per heavy atom. The third-order valence-electron chi connectivity index (χ3n) is 6.13. The molecule has 0 atom stereocenters. The van der Waals surface area contributed by atoms with Crippen molar-refractivity contribution in [3.63, 3.8) is 0 Å². The molecule has 7 nitrogen and oxygen atoms in total. The lowest BCUT2D eigenvalue weighted by atomic mass is 9.93. The van der Waals surface area contributed by atoms with Crippen LogP contribution < -0.4 is 5.32 Å². The summed E-state index contributed by atoms with van der Waals surface area (Å²) in [5.41, 5.74) is 6.22. The van der Waals surface area contributed by atoms with Gasteiger partial charge in [-0.15, -0.1) is 0 Å². The van der Waals surface area contributed by atoms with Gasteiger partial charge in [0.15, 0.2) is 0 Å². The number of benzene rings is 1. The number of anilines is 1. The number of fused-ring (bicyclic) bond motifs is 1. The number of hydrogen-bond donors (Lipinski definition) is 2. The quantitative estimate of drug-likeness (QED) is 0.408. The summed E-state index contributed by atoms with van der Waals surface area (Å²) in [6.45, 7) is 8.02. The Hall–Kier alpha value is -3.58. The van der Waals surface area contributed by atoms with Gasteiger partial charge in [-0.25, -0.2) is 0 Å². The molecule has 2 N–H and O–H groups in total. The number of aromatic amines is 1. The maximum absolute atomic E-state index is 13.0. The molecule has 1 aromatic heterocycles. The molecule has 7 heteroatoms. The van der Waals surface area contributed by atoms with Crippen LogP contribution in [0.5, 0.6) is 0 Å². The Morgan fingerprint density at radius 1 is 1.21 bits per heavy atom. The van der Waals surface area contributed by atoms with Gasteiger partial charge in [-0.3, -0.25) is 9.59 Å². The van der Waals surface area contributed by atoms with Crippen molar-refractivity contribution in [2.45, 2.75) is 20.8 Å². The molecule has 1 saturated heterocycles. The van der Waals surface area contributed by atoms with E-state index in [1.165, 1.54) is 0 Å². The van der Waals surface area contributed by atoms with Crippen LogP contribution in [0.4, 0.5) is 5.69 Å². The van der Waals surface area contributed by atoms with Crippen molar-refractivity contribution in [2.75, 3.05) is 38.7 Å². The lowest BCUT2D eigenvalue weighted by molar-refractivity contribution is -0.110. The molecule has 0 unspecified atom stereocenters. The topological polar surface area (TPSA) is 83.7 Å². The molecule has 2 amide bonds. The van der Waals surface area contributed by atoms with Gasteiger partial charge >= 0.3 is 0 Å². The third-order valence-corrected chi connectivity index (χ3v) is 6.13. The molecular weight excluding hydrogens is 418 g/mol. The normalized spacial score (nSPS) is 17.9. The summed E-state index contributed by atoms with van der Waals surface area (Å²) in [7, 11) is 1.63. The van der Waals surface area contributed by atoms with Crippen LogP contribution >= 0.6 is 0 Å². The van der Waals surface area contributed by atoms with Crippen LogP contribution in [-0.2, 0) is 14.3 Å². The van der Waals surface area contributed by atoms with Crippen molar-refractivity contribution in [1.29, 1.82) is 0 Å². The van der Waals surface area contributed by atoms with Gasteiger partial charge in [0.2, 0.25) is 0 Å². The number of ether oxygens (including phenoxy) is 2. The van der Waals surface area contributed by atoms with Gasteiger partial charge in [0.05, 0.1) is 37.2 Å². The molecule has 3 heterocycles. The summed E-state index contributed by atoms with van der Waals surface area (Å²) in [6.07, 6.45) is 7.50. The number of methoxy groups -OCH3 is 1. The first-order chi connectivity index (χ1) is 15.9. The van der Waals surface area contributed by atoms with Crippen molar-refractivity contribution >= 4 is 34.7 Å². The van der Waals surface area contributed by atoms with E-state index in [0.717, 1.165) is 39.4 Å². The average molecular weight is 448 g/mol. The van der Waals surface area contributed by atoms with Crippen LogP contribution in [-0.4, -0.2) is 55.1 Å². The Balaban J connectivity index is 1.74. The number of allylic oxidation sites excluding steroid dienone is 4. The van der Waals surface area contributed by atoms with Gasteiger partial charge in [0, 0.05) is 36.2 Å². The first-order valence-corrected chi connectivity index (χ1v) is 11.0. The molecule has 0 aliphatic carbocycles. The molecule has 0 saturated carbocycles. The summed E-state index contributed by atoms with van der Waals surface area (Å²) < 4.78 is 10.7. The molecule has 2 aliphatic rings. The third kappa shape index (κ3) is 4.36. The maximum Gasteiger partial charge on any atom is 0.256 e. The van der Waals surface area contributed by atoms with Crippen LogP contribution in [0.3, 0.4) is 0 Å². The van der Waals surface area contributed by atoms with Crippen molar-refractivity contribution in [1.82, 2.24) is 9.88 Å². The van der Waals surface area contributed by atoms with Gasteiger partial charge in [-0.05, 0) is 55.7 Å². The summed E-state index contributed by atoms with van der Waals surface area (Å²) >= 11 is 0. The fourth-order valence-electron chi connectivity index (χ4n) is 4.19. The van der Waals surface area contributed by atoms with Crippen LogP contribution in [0.15, 0.2) is 42.3 Å². The molecule has 0 spiro atoms. The second-order valence-corrected chi connectivity index (χ2v) is 8.09. The minimum atomic E-state index is -0.171. The number of rotatable bonds is 5. The number of morpholine rings is 1. The van der Waals surface area contributed by atoms with Crippen LogP contribution in [0, 0.1) is 6.92 Å². The number of amides is 2. The molecule has 2 aromatic rings. The summed E-state index contributed by atoms with van der Waals surface area (Å²) in [6, 6.07) is 5.82. The average Bonchev–Trinajstić information content (AvgIpc) is 3.36. The van der Waals surface area contributed by atoms with Crippen molar-refractivity contribution in [2.24, 2.45) is 0 Å². The van der Waals surface area contributed by atoms with Gasteiger partial charge in [-0.1, -0.05) is 18.2 Å². The molecule has 2 aliphatic heterocycles. The number of H-pyrrole nitrogens is 1. The smallest absolute Gasteiger partial charge is 0.256 e. The van der Waals surface area contributed by atoms with Crippen molar-refractivity contribution in [3.8, 4) is 0 Å². The highest BCUT2D eigenvalue weighted by molar-refractivity contribution is 6.36. The van der Waals surface area contributed by atoms with E-state index >= 15 is 0 Å². The summed E-state index contributed by atoms with van der Waals surface area (Å²) in [5.74, 6) is 0.579. The number of carbonyl (C=O) groups excluding carboxylic acids is 2. The Kier molecular flexibility index (Phi) is 6.51. The number of carbonyl (C=O) groups is 2. The van der Waals surface area contributed by atoms with Crippen LogP contribution in [0.1, 0.15) is 46.6 Å². The fourth-order valence-corrected chi connectivity index (χ4v) is 4.19. The molecular formula is C26H29N3O4. The number of aromatic nitrogens is 1. The predicted molar refractivity (Wildman–Crippen MR) is 130 cm³/mol. The van der Waals surface area contributed by atoms with Gasteiger partial charge in [-0.2, -0.15) is 0 Å². The molecule has 33 heavy (non-hydrogen) atoms. The van der Waals surface area contributed by atoms with E-state index in [9.17, 15) is 9.59 Å². The first kappa shape index (κ1) is 22.6. The molecule has 0 radical (unpaired) electrons. The summed E-state index contributed by atoms with van der Waals surface area (Å²) in [4.78, 5) is 30.9. The molecule has 0 bridgehead atoms. The van der Waals surface area contributed by atoms with E-state index in [1.54, 1.807) is 18.2 Å². The first-order valence-electron chi connectivity index (χ1n) is 11.0. The highest BCUT2D eigenvalue weighted by Gasteiger charge is 2.29. The van der Waals surface area contributed by atoms with E-state index in [4.69, 9.17) is 9.47 Å². The number of nitrogens with zero attached hydrogens (tertiary/aromatic N) is 1. The second kappa shape index (κ2) is 9.50. The molecule has 4 rings (SSSR count). The van der Waals surface area contributed by atoms with Crippen LogP contribution in [0.2, 0.25) is 0 Å². The Labute approximate surface area is 193 Å². The Morgan fingerprint density at radius 3 is 2.67 bits per heavy atom. The standard InChI is InChI=1S/C26H29N3O4/c1-5-18(13-16(2)32-4)19-7-6-8-22-24(19)20(25(30)28-22)14-23-17(3)21(15-27-23)26(31)29-9-11-33-12-10-29/h5-8,13-15,27H,9-12H2,1-4H3,(H,28,30)/b16-13+,18-5+,20-14-. The van der Waals surface area contributed by atoms with Gasteiger partial charge in [0.1, 0.15) is 0 Å². The van der Waals surface area contributed by atoms with Gasteiger partial charge in [0.25, 0.3) is 11.8 Å². The van der Waals surface area contributed by atoms with E-state index < -0.39 is 0 Å². The SMILES string of the molecule is C/C=C(\C=C(/C)OC)c1cccc2c1/C(=C/c1[nH]cc(C(=O)N3CCOCC3)c1C)C(=O)N2. The molecule has 1 fully saturated rings. The lowest BCUT2D eigenvalue weighted by Gasteiger charge is -2.26. The van der Waals surface area contributed by atoms with Crippen molar-refractivity contribution < 1.29 is 19.1 Å². The van der Waals surface area contributed by atoms with E-state index in [1.807, 2.05) is 57.2 Å². The number of hydrogen-bond acceptors (Lipinski definition) is 4. The lowest BCUT2D eigenvalue weighted by Crippen LogP contribution is -2.40. The maximum atomic E-state index is 13.0. The molecule has 1 aromatic carbocycles. The zero-order valence-corrected chi connectivity index (χ0v) is 19.5. The van der Waals surface area contributed by atoms with Crippen molar-refractivity contribution in [3.05, 3.63) is 70.3 Å². The van der Waals surface area contributed by atoms with E-state index in [-0.39, 0.29) is 11.8 Å². The monoisotopic (exact) mass is 447 g/mol. The largest absolute Gasteiger partial charge is 0.501 e. The number of nitrogens with one attached hydrogen (secondary N) is 2. The fraction of sp³-hybridized carbons (Fsp3) is 0.308. The Bertz CT molecular complexity index is 1180. The van der Waals surface area contributed by atoms with E-state index in [0.29, 0.717) is 37.4 Å². The minimum absolute atomic E-state index is 0.0231. The second-order valence-electron chi connectivity index (χ2n) is 8.09. The van der Waals surface area contributed by atoms with Crippen LogP contribution in [0.25, 0.3) is 17.2 Å². The zero-order chi connectivity index (χ0) is 23.5.